The lowest BCUT2D eigenvalue weighted by atomic mass is 9.96. The van der Waals surface area contributed by atoms with Crippen molar-refractivity contribution < 1.29 is 9.84 Å². The molecule has 0 aromatic rings. The van der Waals surface area contributed by atoms with Crippen LogP contribution in [-0.4, -0.2) is 60.0 Å². The largest absolute Gasteiger partial charge is 0.386 e. The fraction of sp³-hybridized carbons (Fsp3) is 1.00. The van der Waals surface area contributed by atoms with Crippen molar-refractivity contribution in [1.82, 2.24) is 10.2 Å². The van der Waals surface area contributed by atoms with E-state index in [0.717, 1.165) is 19.0 Å². The first-order chi connectivity index (χ1) is 8.17. The number of ether oxygens (including phenoxy) is 1. The molecule has 2 heterocycles. The van der Waals surface area contributed by atoms with Crippen LogP contribution in [0.1, 0.15) is 32.6 Å². The van der Waals surface area contributed by atoms with E-state index in [1.54, 1.807) is 0 Å². The quantitative estimate of drug-likeness (QED) is 0.744. The van der Waals surface area contributed by atoms with Gasteiger partial charge in [0.05, 0.1) is 6.10 Å². The van der Waals surface area contributed by atoms with E-state index in [0.29, 0.717) is 19.2 Å². The minimum Gasteiger partial charge on any atom is -0.386 e. The summed E-state index contributed by atoms with van der Waals surface area (Å²) in [6.07, 6.45) is 4.74. The van der Waals surface area contributed by atoms with E-state index < -0.39 is 5.60 Å². The molecular weight excluding hydrogens is 216 g/mol. The second-order valence-corrected chi connectivity index (χ2v) is 5.96. The van der Waals surface area contributed by atoms with Crippen LogP contribution in [0.15, 0.2) is 0 Å². The van der Waals surface area contributed by atoms with Gasteiger partial charge in [0.2, 0.25) is 0 Å². The van der Waals surface area contributed by atoms with Gasteiger partial charge in [-0.1, -0.05) is 0 Å². The van der Waals surface area contributed by atoms with Gasteiger partial charge in [-0.2, -0.15) is 0 Å². The smallest absolute Gasteiger partial charge is 0.105 e. The van der Waals surface area contributed by atoms with Crippen LogP contribution in [0.4, 0.5) is 0 Å². The van der Waals surface area contributed by atoms with E-state index in [1.165, 1.54) is 25.8 Å². The van der Waals surface area contributed by atoms with Crippen LogP contribution in [0.5, 0.6) is 0 Å². The first-order valence-electron chi connectivity index (χ1n) is 6.99. The average molecular weight is 240 g/mol. The van der Waals surface area contributed by atoms with Crippen molar-refractivity contribution in [3.63, 3.8) is 0 Å². The van der Waals surface area contributed by atoms with Crippen LogP contribution in [-0.2, 0) is 4.74 Å². The van der Waals surface area contributed by atoms with Gasteiger partial charge in [-0.05, 0) is 26.2 Å². The van der Waals surface area contributed by atoms with Gasteiger partial charge in [0.1, 0.15) is 5.60 Å². The summed E-state index contributed by atoms with van der Waals surface area (Å²) in [6, 6.07) is 1.44. The van der Waals surface area contributed by atoms with Crippen molar-refractivity contribution in [2.24, 2.45) is 0 Å². The molecule has 3 aliphatic rings. The molecular formula is C13H24N2O2. The molecule has 0 aromatic carbocycles. The molecule has 0 aromatic heterocycles. The molecule has 0 radical (unpaired) electrons. The molecule has 98 valence electrons. The molecule has 1 aliphatic carbocycles. The minimum atomic E-state index is -0.646. The lowest BCUT2D eigenvalue weighted by molar-refractivity contribution is -0.0275. The maximum atomic E-state index is 10.4. The van der Waals surface area contributed by atoms with Gasteiger partial charge >= 0.3 is 0 Å². The molecule has 3 rings (SSSR count). The summed E-state index contributed by atoms with van der Waals surface area (Å²) < 4.78 is 5.45. The monoisotopic (exact) mass is 240 g/mol. The third kappa shape index (κ3) is 2.50. The Bertz CT molecular complexity index is 283. The predicted molar refractivity (Wildman–Crippen MR) is 66.0 cm³/mol. The van der Waals surface area contributed by atoms with E-state index in [-0.39, 0.29) is 6.10 Å². The van der Waals surface area contributed by atoms with Crippen LogP contribution in [0.25, 0.3) is 0 Å². The third-order valence-corrected chi connectivity index (χ3v) is 4.64. The topological polar surface area (TPSA) is 44.7 Å². The molecule has 2 saturated heterocycles. The number of likely N-dealkylation sites (tertiary alicyclic amines) is 1. The van der Waals surface area contributed by atoms with Crippen LogP contribution < -0.4 is 5.32 Å². The van der Waals surface area contributed by atoms with Crippen LogP contribution in [0.2, 0.25) is 0 Å². The first-order valence-corrected chi connectivity index (χ1v) is 6.99. The summed E-state index contributed by atoms with van der Waals surface area (Å²) in [5, 5.41) is 13.9. The Balaban J connectivity index is 1.45. The maximum absolute atomic E-state index is 10.4. The molecule has 1 saturated carbocycles. The molecule has 3 fully saturated rings. The molecule has 2 N–H and O–H groups in total. The zero-order valence-corrected chi connectivity index (χ0v) is 10.7. The standard InChI is InChI=1S/C13H24N2O2/c1-10-13(16,5-7-17-10)9-14-11-4-6-15(8-11)12-2-3-12/h10-12,14,16H,2-9H2,1H3. The Kier molecular flexibility index (Phi) is 3.15. The molecule has 0 amide bonds. The van der Waals surface area contributed by atoms with Crippen molar-refractivity contribution in [3.05, 3.63) is 0 Å². The predicted octanol–water partition coefficient (Wildman–Crippen LogP) is 0.353. The van der Waals surface area contributed by atoms with Gasteiger partial charge in [0, 0.05) is 44.7 Å². The number of aliphatic hydroxyl groups is 1. The third-order valence-electron chi connectivity index (χ3n) is 4.64. The fourth-order valence-electron chi connectivity index (χ4n) is 3.05. The highest BCUT2D eigenvalue weighted by molar-refractivity contribution is 4.96. The van der Waals surface area contributed by atoms with Crippen molar-refractivity contribution in [2.45, 2.75) is 56.4 Å². The Hall–Kier alpha value is -0.160. The molecule has 4 nitrogen and oxygen atoms in total. The summed E-state index contributed by atoms with van der Waals surface area (Å²) in [7, 11) is 0. The van der Waals surface area contributed by atoms with Gasteiger partial charge in [0.25, 0.3) is 0 Å². The summed E-state index contributed by atoms with van der Waals surface area (Å²) in [5.41, 5.74) is -0.646. The van der Waals surface area contributed by atoms with Crippen molar-refractivity contribution in [3.8, 4) is 0 Å². The first kappa shape index (κ1) is 11.9. The second kappa shape index (κ2) is 4.50. The highest BCUT2D eigenvalue weighted by atomic mass is 16.5. The highest BCUT2D eigenvalue weighted by Crippen LogP contribution is 2.30. The van der Waals surface area contributed by atoms with Crippen LogP contribution >= 0.6 is 0 Å². The van der Waals surface area contributed by atoms with Gasteiger partial charge in [-0.15, -0.1) is 0 Å². The van der Waals surface area contributed by atoms with E-state index >= 15 is 0 Å². The molecule has 4 heteroatoms. The van der Waals surface area contributed by atoms with Gasteiger partial charge in [-0.25, -0.2) is 0 Å². The van der Waals surface area contributed by atoms with Crippen LogP contribution in [0.3, 0.4) is 0 Å². The van der Waals surface area contributed by atoms with Crippen molar-refractivity contribution in [1.29, 1.82) is 0 Å². The summed E-state index contributed by atoms with van der Waals surface area (Å²) >= 11 is 0. The summed E-state index contributed by atoms with van der Waals surface area (Å²) in [5.74, 6) is 0. The molecule has 2 aliphatic heterocycles. The lowest BCUT2D eigenvalue weighted by Gasteiger charge is -2.28. The Morgan fingerprint density at radius 1 is 1.41 bits per heavy atom. The van der Waals surface area contributed by atoms with E-state index in [4.69, 9.17) is 4.74 Å². The summed E-state index contributed by atoms with van der Waals surface area (Å²) in [6.45, 7) is 5.73. The number of hydrogen-bond acceptors (Lipinski definition) is 4. The van der Waals surface area contributed by atoms with Gasteiger partial charge in [0.15, 0.2) is 0 Å². The van der Waals surface area contributed by atoms with Crippen molar-refractivity contribution >= 4 is 0 Å². The number of nitrogens with one attached hydrogen (secondary N) is 1. The number of nitrogens with zero attached hydrogens (tertiary/aromatic N) is 1. The molecule has 0 bridgehead atoms. The minimum absolute atomic E-state index is 0.0315. The zero-order valence-electron chi connectivity index (χ0n) is 10.7. The van der Waals surface area contributed by atoms with Gasteiger partial charge < -0.3 is 15.2 Å². The maximum Gasteiger partial charge on any atom is 0.105 e. The summed E-state index contributed by atoms with van der Waals surface area (Å²) in [4.78, 5) is 2.59. The van der Waals surface area contributed by atoms with Crippen molar-refractivity contribution in [2.75, 3.05) is 26.2 Å². The molecule has 17 heavy (non-hydrogen) atoms. The normalized spacial score (nSPS) is 43.4. The number of rotatable bonds is 4. The number of hydrogen-bond donors (Lipinski definition) is 2. The SMILES string of the molecule is CC1OCCC1(O)CNC1CCN(C2CC2)C1. The Morgan fingerprint density at radius 3 is 2.88 bits per heavy atom. The second-order valence-electron chi connectivity index (χ2n) is 5.96. The van der Waals surface area contributed by atoms with Gasteiger partial charge in [-0.3, -0.25) is 4.90 Å². The fourth-order valence-corrected chi connectivity index (χ4v) is 3.05. The van der Waals surface area contributed by atoms with E-state index in [9.17, 15) is 5.11 Å². The molecule has 3 atom stereocenters. The van der Waals surface area contributed by atoms with E-state index in [1.807, 2.05) is 6.92 Å². The lowest BCUT2D eigenvalue weighted by Crippen LogP contribution is -2.49. The average Bonchev–Trinajstić information content (AvgIpc) is 2.97. The van der Waals surface area contributed by atoms with E-state index in [2.05, 4.69) is 10.2 Å². The molecule has 3 unspecified atom stereocenters. The Morgan fingerprint density at radius 2 is 2.24 bits per heavy atom. The molecule has 0 spiro atoms. The Labute approximate surface area is 103 Å². The highest BCUT2D eigenvalue weighted by Gasteiger charge is 2.40. The zero-order chi connectivity index (χ0) is 11.9. The van der Waals surface area contributed by atoms with Crippen LogP contribution in [0, 0.1) is 0 Å².